The number of benzene rings is 2. The van der Waals surface area contributed by atoms with Crippen molar-refractivity contribution >= 4 is 11.6 Å². The maximum atomic E-state index is 4.78. The molecular weight excluding hydrogens is 270 g/mol. The monoisotopic (exact) mass is 283 g/mol. The van der Waals surface area contributed by atoms with Crippen molar-refractivity contribution in [3.63, 3.8) is 0 Å². The average molecular weight is 284 g/mol. The van der Waals surface area contributed by atoms with Crippen LogP contribution in [0.5, 0.6) is 0 Å². The van der Waals surface area contributed by atoms with Crippen molar-refractivity contribution in [1.82, 2.24) is 9.55 Å². The van der Waals surface area contributed by atoms with Crippen LogP contribution in [0.25, 0.3) is 16.9 Å². The topological polar surface area (TPSA) is 22.3 Å². The van der Waals surface area contributed by atoms with Gasteiger partial charge in [0.1, 0.15) is 5.69 Å². The number of hydrogen-bond donors (Lipinski definition) is 1. The van der Waals surface area contributed by atoms with Gasteiger partial charge in [-0.15, -0.1) is 0 Å². The van der Waals surface area contributed by atoms with E-state index in [-0.39, 0.29) is 12.4 Å². The third-order valence-corrected chi connectivity index (χ3v) is 3.68. The highest BCUT2D eigenvalue weighted by Crippen LogP contribution is 2.29. The second-order valence-corrected chi connectivity index (χ2v) is 4.83. The Balaban J connectivity index is 0.00000121. The van der Waals surface area contributed by atoms with Gasteiger partial charge in [0.05, 0.1) is 12.7 Å². The Labute approximate surface area is 123 Å². The molecular formula is C16H14ClN3. The highest BCUT2D eigenvalue weighted by molar-refractivity contribution is 5.65. The van der Waals surface area contributed by atoms with Crippen molar-refractivity contribution in [2.75, 3.05) is 7.05 Å². The van der Waals surface area contributed by atoms with Crippen molar-refractivity contribution in [1.29, 1.82) is 0 Å². The van der Waals surface area contributed by atoms with E-state index >= 15 is 0 Å². The number of fused-ring (bicyclic) bond motifs is 3. The van der Waals surface area contributed by atoms with Crippen LogP contribution in [-0.4, -0.2) is 16.6 Å². The van der Waals surface area contributed by atoms with E-state index in [0.29, 0.717) is 0 Å². The minimum atomic E-state index is 0. The first-order valence-electron chi connectivity index (χ1n) is 6.43. The lowest BCUT2D eigenvalue weighted by molar-refractivity contribution is -0.736. The molecule has 0 amide bonds. The number of halogens is 1. The molecule has 1 N–H and O–H groups in total. The molecule has 0 radical (unpaired) electrons. The summed E-state index contributed by atoms with van der Waals surface area (Å²) in [6.45, 7) is 0. The molecule has 4 rings (SSSR count). The van der Waals surface area contributed by atoms with E-state index < -0.39 is 0 Å². The van der Waals surface area contributed by atoms with Gasteiger partial charge in [-0.25, -0.2) is 9.47 Å². The number of nitrogens with one attached hydrogen (secondary N) is 1. The van der Waals surface area contributed by atoms with Gasteiger partial charge in [-0.1, -0.05) is 42.5 Å². The Kier molecular flexibility index (Phi) is 3.08. The van der Waals surface area contributed by atoms with Crippen LogP contribution in [-0.2, 0) is 0 Å². The summed E-state index contributed by atoms with van der Waals surface area (Å²) in [5.41, 5.74) is 4.70. The Morgan fingerprint density at radius 2 is 1.65 bits per heavy atom. The highest BCUT2D eigenvalue weighted by Gasteiger charge is 2.30. The molecule has 2 aromatic carbocycles. The van der Waals surface area contributed by atoms with Crippen molar-refractivity contribution < 1.29 is 17.3 Å². The molecule has 1 aromatic heterocycles. The molecule has 4 heteroatoms. The number of imidazole rings is 1. The van der Waals surface area contributed by atoms with Crippen LogP contribution in [0.1, 0.15) is 0 Å². The van der Waals surface area contributed by atoms with Crippen LogP contribution in [0.2, 0.25) is 0 Å². The number of hydrogen-bond acceptors (Lipinski definition) is 1. The van der Waals surface area contributed by atoms with Gasteiger partial charge < -0.3 is 12.4 Å². The van der Waals surface area contributed by atoms with Crippen LogP contribution in [0.3, 0.4) is 0 Å². The Hall–Kier alpha value is -2.10. The maximum Gasteiger partial charge on any atom is 0.317 e. The molecule has 2 heterocycles. The second kappa shape index (κ2) is 4.78. The van der Waals surface area contributed by atoms with Gasteiger partial charge >= 0.3 is 5.95 Å². The lowest BCUT2D eigenvalue weighted by atomic mass is 10.2. The number of para-hydroxylation sites is 2. The summed E-state index contributed by atoms with van der Waals surface area (Å²) in [7, 11) is 2.14. The van der Waals surface area contributed by atoms with Gasteiger partial charge in [0.2, 0.25) is 0 Å². The summed E-state index contributed by atoms with van der Waals surface area (Å²) >= 11 is 0. The van der Waals surface area contributed by atoms with E-state index in [9.17, 15) is 0 Å². The van der Waals surface area contributed by atoms with Gasteiger partial charge in [-0.2, -0.15) is 4.98 Å². The molecule has 0 aliphatic carbocycles. The lowest BCUT2D eigenvalue weighted by Gasteiger charge is -2.03. The van der Waals surface area contributed by atoms with Gasteiger partial charge in [0, 0.05) is 17.8 Å². The van der Waals surface area contributed by atoms with Gasteiger partial charge in [-0.3, -0.25) is 0 Å². The lowest BCUT2D eigenvalue weighted by Crippen LogP contribution is -3.00. The van der Waals surface area contributed by atoms with E-state index in [2.05, 4.69) is 54.2 Å². The third-order valence-electron chi connectivity index (χ3n) is 3.68. The quantitative estimate of drug-likeness (QED) is 0.629. The molecule has 0 fully saturated rings. The first kappa shape index (κ1) is 12.9. The fourth-order valence-corrected chi connectivity index (χ4v) is 2.70. The zero-order valence-corrected chi connectivity index (χ0v) is 11.8. The molecule has 1 aliphatic rings. The minimum absolute atomic E-state index is 0. The van der Waals surface area contributed by atoms with Crippen LogP contribution < -0.4 is 17.3 Å². The van der Waals surface area contributed by atoms with Crippen LogP contribution in [0, 0.1) is 0 Å². The Bertz CT molecular complexity index is 749. The largest absolute Gasteiger partial charge is 1.00 e. The third kappa shape index (κ3) is 1.75. The molecule has 1 unspecified atom stereocenters. The Morgan fingerprint density at radius 1 is 0.950 bits per heavy atom. The molecule has 1 atom stereocenters. The van der Waals surface area contributed by atoms with E-state index in [0.717, 1.165) is 17.2 Å². The van der Waals surface area contributed by atoms with Gasteiger partial charge in [0.25, 0.3) is 0 Å². The molecule has 1 aliphatic heterocycles. The van der Waals surface area contributed by atoms with E-state index in [1.165, 1.54) is 16.3 Å². The fraction of sp³-hybridized carbons (Fsp3) is 0.0625. The number of quaternary nitrogens is 1. The Morgan fingerprint density at radius 3 is 2.45 bits per heavy atom. The summed E-state index contributed by atoms with van der Waals surface area (Å²) in [6.07, 6.45) is 2.12. The number of aromatic nitrogens is 2. The maximum absolute atomic E-state index is 4.78. The van der Waals surface area contributed by atoms with E-state index in [1.807, 2.05) is 18.2 Å². The minimum Gasteiger partial charge on any atom is -1.00 e. The first-order valence-corrected chi connectivity index (χ1v) is 6.43. The summed E-state index contributed by atoms with van der Waals surface area (Å²) < 4.78 is 2.19. The first-order chi connectivity index (χ1) is 9.34. The normalized spacial score (nSPS) is 15.3. The fourth-order valence-electron chi connectivity index (χ4n) is 2.70. The predicted molar refractivity (Wildman–Crippen MR) is 75.2 cm³/mol. The second-order valence-electron chi connectivity index (χ2n) is 4.83. The molecule has 0 bridgehead atoms. The number of nitrogens with zero attached hydrogens (tertiary/aromatic N) is 2. The molecule has 3 nitrogen and oxygen atoms in total. The summed E-state index contributed by atoms with van der Waals surface area (Å²) in [4.78, 5) is 6.03. The predicted octanol–water partition coefficient (Wildman–Crippen LogP) is -0.665. The summed E-state index contributed by atoms with van der Waals surface area (Å²) in [6, 6.07) is 18.8. The zero-order valence-electron chi connectivity index (χ0n) is 11.0. The van der Waals surface area contributed by atoms with Crippen LogP contribution >= 0.6 is 0 Å². The van der Waals surface area contributed by atoms with Crippen LogP contribution in [0.15, 0.2) is 60.8 Å². The average Bonchev–Trinajstić information content (AvgIpc) is 3.01. The standard InChI is InChI=1S/C16H13N3.ClH/c1-18-14-9-5-6-10-15(14)19-11-13(17-16(18)19)12-7-3-2-4-8-12;/h2-11H,1H3;1H. The zero-order chi connectivity index (χ0) is 12.8. The van der Waals surface area contributed by atoms with Gasteiger partial charge in [0.15, 0.2) is 5.69 Å². The smallest absolute Gasteiger partial charge is 0.317 e. The molecule has 20 heavy (non-hydrogen) atoms. The van der Waals surface area contributed by atoms with Crippen molar-refractivity contribution in [2.24, 2.45) is 0 Å². The summed E-state index contributed by atoms with van der Waals surface area (Å²) in [5.74, 6) is 1.06. The van der Waals surface area contributed by atoms with Crippen molar-refractivity contribution in [3.05, 3.63) is 60.8 Å². The SMILES string of the molecule is C[NH+]1c2ccccc2-n2cc(-c3ccccc3)nc21.[Cl-]. The van der Waals surface area contributed by atoms with Gasteiger partial charge in [-0.05, 0) is 6.07 Å². The molecule has 0 saturated carbocycles. The van der Waals surface area contributed by atoms with Crippen molar-refractivity contribution in [2.45, 2.75) is 0 Å². The molecule has 100 valence electrons. The highest BCUT2D eigenvalue weighted by atomic mass is 35.5. The summed E-state index contributed by atoms with van der Waals surface area (Å²) in [5, 5.41) is 0. The molecule has 3 aromatic rings. The molecule has 0 spiro atoms. The van der Waals surface area contributed by atoms with E-state index in [4.69, 9.17) is 4.98 Å². The van der Waals surface area contributed by atoms with Crippen LogP contribution in [0.4, 0.5) is 11.6 Å². The van der Waals surface area contributed by atoms with Crippen molar-refractivity contribution in [3.8, 4) is 16.9 Å². The van der Waals surface area contributed by atoms with E-state index in [1.54, 1.807) is 0 Å². The number of rotatable bonds is 1. The molecule has 0 saturated heterocycles.